The fourth-order valence-corrected chi connectivity index (χ4v) is 3.52. The van der Waals surface area contributed by atoms with E-state index in [4.69, 9.17) is 16.3 Å². The number of nitrogens with zero attached hydrogens (tertiary/aromatic N) is 1. The molecule has 0 radical (unpaired) electrons. The van der Waals surface area contributed by atoms with Crippen molar-refractivity contribution in [3.05, 3.63) is 53.1 Å². The fourth-order valence-electron chi connectivity index (χ4n) is 2.45. The molecule has 0 heterocycles. The number of hydrogen-bond acceptors (Lipinski definition) is 4. The van der Waals surface area contributed by atoms with E-state index in [1.54, 1.807) is 19.1 Å². The molecule has 29 heavy (non-hydrogen) atoms. The molecule has 0 bridgehead atoms. The molecule has 158 valence electrons. The van der Waals surface area contributed by atoms with Gasteiger partial charge in [0.2, 0.25) is 15.9 Å². The monoisotopic (exact) mass is 450 g/mol. The third kappa shape index (κ3) is 6.26. The Morgan fingerprint density at radius 1 is 1.21 bits per heavy atom. The van der Waals surface area contributed by atoms with Crippen LogP contribution in [-0.2, 0) is 21.0 Å². The van der Waals surface area contributed by atoms with Gasteiger partial charge in [-0.15, -0.1) is 0 Å². The van der Waals surface area contributed by atoms with Crippen molar-refractivity contribution >= 4 is 38.9 Å². The van der Waals surface area contributed by atoms with E-state index >= 15 is 0 Å². The predicted molar refractivity (Wildman–Crippen MR) is 105 cm³/mol. The second-order valence-electron chi connectivity index (χ2n) is 5.94. The van der Waals surface area contributed by atoms with Crippen molar-refractivity contribution in [2.75, 3.05) is 29.0 Å². The Balaban J connectivity index is 2.25. The van der Waals surface area contributed by atoms with Gasteiger partial charge in [-0.05, 0) is 37.3 Å². The molecule has 6 nitrogen and oxygen atoms in total. The first-order valence-corrected chi connectivity index (χ1v) is 10.5. The van der Waals surface area contributed by atoms with Gasteiger partial charge in [-0.25, -0.2) is 8.42 Å². The van der Waals surface area contributed by atoms with Crippen LogP contribution in [0.1, 0.15) is 12.5 Å². The smallest absolute Gasteiger partial charge is 0.417 e. The van der Waals surface area contributed by atoms with Crippen LogP contribution in [0, 0.1) is 0 Å². The van der Waals surface area contributed by atoms with Crippen molar-refractivity contribution in [2.45, 2.75) is 13.1 Å². The first kappa shape index (κ1) is 22.8. The average molecular weight is 451 g/mol. The second kappa shape index (κ2) is 8.91. The lowest BCUT2D eigenvalue weighted by atomic mass is 10.2. The van der Waals surface area contributed by atoms with Gasteiger partial charge >= 0.3 is 6.18 Å². The summed E-state index contributed by atoms with van der Waals surface area (Å²) in [5.74, 6) is -0.417. The molecule has 0 atom stereocenters. The van der Waals surface area contributed by atoms with Crippen LogP contribution in [0.3, 0.4) is 0 Å². The maximum absolute atomic E-state index is 13.0. The average Bonchev–Trinajstić information content (AvgIpc) is 2.60. The molecule has 1 amide bonds. The van der Waals surface area contributed by atoms with E-state index in [-0.39, 0.29) is 11.4 Å². The maximum Gasteiger partial charge on any atom is 0.417 e. The molecule has 0 saturated carbocycles. The first-order valence-electron chi connectivity index (χ1n) is 8.29. The summed E-state index contributed by atoms with van der Waals surface area (Å²) in [6.07, 6.45) is -3.78. The van der Waals surface area contributed by atoms with E-state index in [1.807, 2.05) is 0 Å². The molecule has 0 aromatic heterocycles. The zero-order chi connectivity index (χ0) is 21.8. The lowest BCUT2D eigenvalue weighted by molar-refractivity contribution is -0.137. The van der Waals surface area contributed by atoms with Gasteiger partial charge in [0.05, 0.1) is 29.1 Å². The van der Waals surface area contributed by atoms with E-state index in [9.17, 15) is 26.4 Å². The maximum atomic E-state index is 13.0. The molecule has 2 aromatic carbocycles. The third-order valence-electron chi connectivity index (χ3n) is 3.66. The van der Waals surface area contributed by atoms with Gasteiger partial charge in [-0.1, -0.05) is 17.7 Å². The lowest BCUT2D eigenvalue weighted by Crippen LogP contribution is -2.37. The van der Waals surface area contributed by atoms with E-state index in [0.717, 1.165) is 16.6 Å². The number of rotatable bonds is 7. The summed E-state index contributed by atoms with van der Waals surface area (Å²) in [5, 5.41) is 1.75. The molecular formula is C18H18ClF3N2O4S. The van der Waals surface area contributed by atoms with Gasteiger partial charge in [0.1, 0.15) is 12.3 Å². The molecule has 0 fully saturated rings. The summed E-state index contributed by atoms with van der Waals surface area (Å²) in [6, 6.07) is 8.98. The van der Waals surface area contributed by atoms with Crippen molar-refractivity contribution in [3.8, 4) is 5.75 Å². The van der Waals surface area contributed by atoms with Crippen LogP contribution < -0.4 is 14.4 Å². The number of alkyl halides is 3. The van der Waals surface area contributed by atoms with Gasteiger partial charge in [-0.2, -0.15) is 13.2 Å². The van der Waals surface area contributed by atoms with Crippen LogP contribution in [0.5, 0.6) is 5.75 Å². The number of carbonyl (C=O) groups is 1. The van der Waals surface area contributed by atoms with Crippen molar-refractivity contribution in [1.82, 2.24) is 0 Å². The molecule has 0 saturated heterocycles. The van der Waals surface area contributed by atoms with Crippen LogP contribution in [0.15, 0.2) is 42.5 Å². The number of halogens is 4. The number of hydrogen-bond donors (Lipinski definition) is 1. The summed E-state index contributed by atoms with van der Waals surface area (Å²) in [5.41, 5.74) is -1.09. The summed E-state index contributed by atoms with van der Waals surface area (Å²) in [6.45, 7) is 1.48. The molecule has 2 aromatic rings. The summed E-state index contributed by atoms with van der Waals surface area (Å²) >= 11 is 5.55. The molecule has 0 spiro atoms. The predicted octanol–water partition coefficient (Wildman–Crippen LogP) is 4.16. The van der Waals surface area contributed by atoms with Crippen LogP contribution in [0.2, 0.25) is 5.02 Å². The Hall–Kier alpha value is -2.46. The number of carbonyl (C=O) groups excluding carboxylic acids is 1. The zero-order valence-corrected chi connectivity index (χ0v) is 17.0. The highest BCUT2D eigenvalue weighted by Crippen LogP contribution is 2.36. The highest BCUT2D eigenvalue weighted by atomic mass is 35.5. The number of anilines is 2. The summed E-state index contributed by atoms with van der Waals surface area (Å²) in [7, 11) is -3.86. The SMILES string of the molecule is CCOc1cccc(N(CC(=O)Nc2ccc(Cl)c(C(F)(F)F)c2)S(C)(=O)=O)c1. The Morgan fingerprint density at radius 3 is 2.48 bits per heavy atom. The number of sulfonamides is 1. The van der Waals surface area contributed by atoms with E-state index in [0.29, 0.717) is 18.4 Å². The Labute approximate surface area is 171 Å². The van der Waals surface area contributed by atoms with Crippen LogP contribution in [0.4, 0.5) is 24.5 Å². The van der Waals surface area contributed by atoms with Crippen LogP contribution >= 0.6 is 11.6 Å². The van der Waals surface area contributed by atoms with Crippen LogP contribution in [-0.4, -0.2) is 33.7 Å². The lowest BCUT2D eigenvalue weighted by Gasteiger charge is -2.22. The zero-order valence-electron chi connectivity index (χ0n) is 15.5. The summed E-state index contributed by atoms with van der Waals surface area (Å²) in [4.78, 5) is 12.3. The minimum absolute atomic E-state index is 0.164. The third-order valence-corrected chi connectivity index (χ3v) is 5.13. The number of ether oxygens (including phenoxy) is 1. The second-order valence-corrected chi connectivity index (χ2v) is 8.25. The molecule has 0 aliphatic carbocycles. The molecular weight excluding hydrogens is 433 g/mol. The Kier molecular flexibility index (Phi) is 7.02. The standard InChI is InChI=1S/C18H18ClF3N2O4S/c1-3-28-14-6-4-5-13(10-14)24(29(2,26)27)11-17(25)23-12-7-8-16(19)15(9-12)18(20,21)22/h4-10H,3,11H2,1-2H3,(H,23,25). The molecule has 1 N–H and O–H groups in total. The normalized spacial score (nSPS) is 11.8. The van der Waals surface area contributed by atoms with Gasteiger partial charge in [0.15, 0.2) is 0 Å². The fraction of sp³-hybridized carbons (Fsp3) is 0.278. The topological polar surface area (TPSA) is 75.7 Å². The van der Waals surface area contributed by atoms with Gasteiger partial charge < -0.3 is 10.1 Å². The minimum Gasteiger partial charge on any atom is -0.494 e. The van der Waals surface area contributed by atoms with Gasteiger partial charge in [0.25, 0.3) is 0 Å². The number of benzene rings is 2. The highest BCUT2D eigenvalue weighted by molar-refractivity contribution is 7.92. The Morgan fingerprint density at radius 2 is 1.90 bits per heavy atom. The van der Waals surface area contributed by atoms with Crippen molar-refractivity contribution in [1.29, 1.82) is 0 Å². The molecule has 11 heteroatoms. The number of amides is 1. The van der Waals surface area contributed by atoms with Gasteiger partial charge in [-0.3, -0.25) is 9.10 Å². The van der Waals surface area contributed by atoms with E-state index < -0.39 is 39.2 Å². The van der Waals surface area contributed by atoms with Crippen molar-refractivity contribution in [3.63, 3.8) is 0 Å². The summed E-state index contributed by atoms with van der Waals surface area (Å²) < 4.78 is 69.3. The highest BCUT2D eigenvalue weighted by Gasteiger charge is 2.33. The van der Waals surface area contributed by atoms with Crippen LogP contribution in [0.25, 0.3) is 0 Å². The Bertz CT molecular complexity index is 997. The largest absolute Gasteiger partial charge is 0.494 e. The van der Waals surface area contributed by atoms with Gasteiger partial charge in [0, 0.05) is 11.8 Å². The van der Waals surface area contributed by atoms with E-state index in [1.165, 1.54) is 18.2 Å². The molecule has 0 aliphatic rings. The molecule has 2 rings (SSSR count). The van der Waals surface area contributed by atoms with Crippen molar-refractivity contribution in [2.24, 2.45) is 0 Å². The molecule has 0 aliphatic heterocycles. The van der Waals surface area contributed by atoms with Crippen molar-refractivity contribution < 1.29 is 31.1 Å². The molecule has 0 unspecified atom stereocenters. The quantitative estimate of drug-likeness (QED) is 0.687. The number of nitrogens with one attached hydrogen (secondary N) is 1. The van der Waals surface area contributed by atoms with E-state index in [2.05, 4.69) is 5.32 Å². The first-order chi connectivity index (χ1) is 13.4. The minimum atomic E-state index is -4.70.